The summed E-state index contributed by atoms with van der Waals surface area (Å²) >= 11 is 0. The summed E-state index contributed by atoms with van der Waals surface area (Å²) in [6.45, 7) is 3.78. The normalized spacial score (nSPS) is 15.9. The lowest BCUT2D eigenvalue weighted by Gasteiger charge is -2.16. The van der Waals surface area contributed by atoms with E-state index in [1.807, 2.05) is 92.8 Å². The zero-order valence-electron chi connectivity index (χ0n) is 16.6. The largest absolute Gasteiger partial charge is 0.497 e. The molecule has 4 nitrogen and oxygen atoms in total. The van der Waals surface area contributed by atoms with Gasteiger partial charge >= 0.3 is 11.6 Å². The molecular weight excluding hydrogens is 352 g/mol. The Bertz CT molecular complexity index is 914. The highest BCUT2D eigenvalue weighted by Crippen LogP contribution is 2.21. The Labute approximate surface area is 166 Å². The monoisotopic (exact) mass is 377 g/mol. The number of allylic oxidation sites excluding steroid dienone is 3. The number of methoxy groups -OCH3 is 2. The first kappa shape index (κ1) is 19.5. The van der Waals surface area contributed by atoms with E-state index in [4.69, 9.17) is 18.6 Å². The number of ketones is 1. The van der Waals surface area contributed by atoms with Crippen LogP contribution in [-0.4, -0.2) is 25.8 Å². The van der Waals surface area contributed by atoms with Gasteiger partial charge in [0.2, 0.25) is 0 Å². The fraction of sp³-hybridized carbons (Fsp3) is 0.208. The van der Waals surface area contributed by atoms with E-state index in [1.54, 1.807) is 14.2 Å². The van der Waals surface area contributed by atoms with Crippen LogP contribution in [0.3, 0.4) is 0 Å². The second kappa shape index (κ2) is 8.61. The molecule has 1 heterocycles. The SMILES string of the molecule is COc1ccc(C=CC2=CC(C=Cc3ccc(OC)cc3)=[O+]C(C)(C)O2)cc1. The maximum Gasteiger partial charge on any atom is 0.424 e. The summed E-state index contributed by atoms with van der Waals surface area (Å²) in [5.74, 6) is 2.40. The molecule has 0 aromatic heterocycles. The van der Waals surface area contributed by atoms with Crippen LogP contribution < -0.4 is 9.47 Å². The van der Waals surface area contributed by atoms with Crippen LogP contribution in [0.4, 0.5) is 0 Å². The predicted molar refractivity (Wildman–Crippen MR) is 112 cm³/mol. The Morgan fingerprint density at radius 3 is 1.75 bits per heavy atom. The van der Waals surface area contributed by atoms with Crippen molar-refractivity contribution in [3.05, 3.63) is 83.6 Å². The summed E-state index contributed by atoms with van der Waals surface area (Å²) in [7, 11) is 3.31. The standard InChI is InChI=1S/C24H25O4/c1-24(2)27-22(15-9-18-5-11-20(25-3)12-6-18)17-23(28-24)16-10-19-7-13-21(26-4)14-8-19/h5-17H,1-4H3/q+1. The van der Waals surface area contributed by atoms with Crippen LogP contribution in [0.1, 0.15) is 25.0 Å². The molecule has 2 aromatic carbocycles. The van der Waals surface area contributed by atoms with Crippen molar-refractivity contribution in [1.82, 2.24) is 0 Å². The van der Waals surface area contributed by atoms with Gasteiger partial charge in [0.25, 0.3) is 0 Å². The second-order valence-electron chi connectivity index (χ2n) is 6.77. The van der Waals surface area contributed by atoms with Gasteiger partial charge in [-0.05, 0) is 47.5 Å². The zero-order chi connectivity index (χ0) is 20.0. The van der Waals surface area contributed by atoms with E-state index in [9.17, 15) is 0 Å². The first-order valence-corrected chi connectivity index (χ1v) is 9.08. The maximum absolute atomic E-state index is 5.91. The Balaban J connectivity index is 1.76. The molecule has 4 heteroatoms. The van der Waals surface area contributed by atoms with Gasteiger partial charge < -0.3 is 14.2 Å². The van der Waals surface area contributed by atoms with Gasteiger partial charge in [-0.1, -0.05) is 30.3 Å². The number of ether oxygens (including phenoxy) is 3. The minimum atomic E-state index is -0.742. The molecule has 28 heavy (non-hydrogen) atoms. The Kier molecular flexibility index (Phi) is 5.99. The van der Waals surface area contributed by atoms with Crippen molar-refractivity contribution in [2.24, 2.45) is 0 Å². The molecule has 0 amide bonds. The molecule has 2 aromatic rings. The number of carbonyl (C=O) groups excluding carboxylic acids is 1. The lowest BCUT2D eigenvalue weighted by Crippen LogP contribution is -2.30. The van der Waals surface area contributed by atoms with Crippen molar-refractivity contribution in [3.63, 3.8) is 0 Å². The Hall–Kier alpha value is -3.27. The van der Waals surface area contributed by atoms with E-state index in [2.05, 4.69) is 0 Å². The fourth-order valence-electron chi connectivity index (χ4n) is 2.74. The predicted octanol–water partition coefficient (Wildman–Crippen LogP) is 5.19. The second-order valence-corrected chi connectivity index (χ2v) is 6.77. The molecule has 0 saturated heterocycles. The van der Waals surface area contributed by atoms with Gasteiger partial charge in [-0.15, -0.1) is 0 Å². The number of hydrogen-bond acceptors (Lipinski definition) is 3. The average Bonchev–Trinajstić information content (AvgIpc) is 2.70. The molecule has 0 atom stereocenters. The summed E-state index contributed by atoms with van der Waals surface area (Å²) in [4.78, 5) is 0. The maximum atomic E-state index is 5.91. The summed E-state index contributed by atoms with van der Waals surface area (Å²) in [6.07, 6.45) is 9.75. The third-order valence-corrected chi connectivity index (χ3v) is 4.12. The lowest BCUT2D eigenvalue weighted by molar-refractivity contribution is -0.604. The third-order valence-electron chi connectivity index (χ3n) is 4.12. The Morgan fingerprint density at radius 1 is 0.750 bits per heavy atom. The topological polar surface area (TPSA) is 39.0 Å². The molecular formula is C24H25O4+. The molecule has 0 N–H and O–H groups in total. The van der Waals surface area contributed by atoms with Crippen molar-refractivity contribution < 1.29 is 18.6 Å². The van der Waals surface area contributed by atoms with Gasteiger partial charge in [0, 0.05) is 6.08 Å². The fourth-order valence-corrected chi connectivity index (χ4v) is 2.74. The van der Waals surface area contributed by atoms with E-state index in [0.717, 1.165) is 34.2 Å². The minimum absolute atomic E-state index is 0.737. The lowest BCUT2D eigenvalue weighted by atomic mass is 10.1. The van der Waals surface area contributed by atoms with Crippen LogP contribution in [0.15, 0.2) is 72.5 Å². The van der Waals surface area contributed by atoms with Crippen molar-refractivity contribution in [1.29, 1.82) is 0 Å². The van der Waals surface area contributed by atoms with E-state index in [0.29, 0.717) is 0 Å². The van der Waals surface area contributed by atoms with Gasteiger partial charge in [0.15, 0.2) is 0 Å². The molecule has 0 saturated carbocycles. The van der Waals surface area contributed by atoms with E-state index >= 15 is 0 Å². The number of benzene rings is 2. The smallest absolute Gasteiger partial charge is 0.424 e. The Morgan fingerprint density at radius 2 is 1.25 bits per heavy atom. The molecule has 0 spiro atoms. The highest BCUT2D eigenvalue weighted by Gasteiger charge is 2.36. The molecule has 3 rings (SSSR count). The zero-order valence-corrected chi connectivity index (χ0v) is 16.6. The molecule has 1 aliphatic heterocycles. The first-order chi connectivity index (χ1) is 13.5. The molecule has 144 valence electrons. The molecule has 1 aliphatic rings. The highest BCUT2D eigenvalue weighted by atomic mass is 16.7. The van der Waals surface area contributed by atoms with Gasteiger partial charge in [-0.2, -0.15) is 0 Å². The third kappa shape index (κ3) is 5.36. The molecule has 0 bridgehead atoms. The van der Waals surface area contributed by atoms with Crippen molar-refractivity contribution in [3.8, 4) is 11.5 Å². The summed E-state index contributed by atoms with van der Waals surface area (Å²) in [6, 6.07) is 15.7. The number of rotatable bonds is 6. The van der Waals surface area contributed by atoms with Gasteiger partial charge in [0.05, 0.1) is 34.1 Å². The summed E-state index contributed by atoms with van der Waals surface area (Å²) in [5.41, 5.74) is 2.12. The van der Waals surface area contributed by atoms with E-state index < -0.39 is 5.79 Å². The van der Waals surface area contributed by atoms with Gasteiger partial charge in [-0.25, -0.2) is 4.42 Å². The van der Waals surface area contributed by atoms with Crippen molar-refractivity contribution >= 4 is 17.9 Å². The quantitative estimate of drug-likeness (QED) is 0.514. The van der Waals surface area contributed by atoms with E-state index in [-0.39, 0.29) is 0 Å². The van der Waals surface area contributed by atoms with Crippen LogP contribution >= 0.6 is 0 Å². The molecule has 0 unspecified atom stereocenters. The molecule has 0 radical (unpaired) electrons. The van der Waals surface area contributed by atoms with Crippen LogP contribution in [0.2, 0.25) is 0 Å². The first-order valence-electron chi connectivity index (χ1n) is 9.08. The highest BCUT2D eigenvalue weighted by molar-refractivity contribution is 6.03. The van der Waals surface area contributed by atoms with Crippen molar-refractivity contribution in [2.75, 3.05) is 14.2 Å². The van der Waals surface area contributed by atoms with Crippen LogP contribution in [0.5, 0.6) is 11.5 Å². The van der Waals surface area contributed by atoms with Gasteiger partial charge in [-0.3, -0.25) is 0 Å². The number of hydrogen-bond donors (Lipinski definition) is 0. The van der Waals surface area contributed by atoms with E-state index in [1.165, 1.54) is 0 Å². The summed E-state index contributed by atoms with van der Waals surface area (Å²) in [5, 5.41) is 0. The van der Waals surface area contributed by atoms with Crippen LogP contribution in [-0.2, 0) is 9.16 Å². The van der Waals surface area contributed by atoms with Gasteiger partial charge in [0.1, 0.15) is 17.3 Å². The van der Waals surface area contributed by atoms with Crippen LogP contribution in [0.25, 0.3) is 12.2 Å². The molecule has 0 fully saturated rings. The molecule has 0 aliphatic carbocycles. The average molecular weight is 377 g/mol. The van der Waals surface area contributed by atoms with Crippen LogP contribution in [0, 0.1) is 0 Å². The minimum Gasteiger partial charge on any atom is -0.497 e. The summed E-state index contributed by atoms with van der Waals surface area (Å²) < 4.78 is 22.2. The van der Waals surface area contributed by atoms with Crippen molar-refractivity contribution in [2.45, 2.75) is 19.6 Å².